The minimum Gasteiger partial charge on any atom is -0.677 e. The van der Waals surface area contributed by atoms with Crippen LogP contribution in [0.5, 0.6) is 0 Å². The van der Waals surface area contributed by atoms with Crippen molar-refractivity contribution in [2.45, 2.75) is 124 Å². The van der Waals surface area contributed by atoms with E-state index in [1.807, 2.05) is 0 Å². The summed E-state index contributed by atoms with van der Waals surface area (Å²) in [6.45, 7) is 36.1. The number of nitrogens with one attached hydrogen (secondary N) is 2. The number of hydrogen-bond acceptors (Lipinski definition) is 0. The Labute approximate surface area is 254 Å². The van der Waals surface area contributed by atoms with Gasteiger partial charge < -0.3 is 11.5 Å². The van der Waals surface area contributed by atoms with Crippen molar-refractivity contribution in [1.29, 1.82) is 0 Å². The molecule has 0 aliphatic carbocycles. The molecule has 0 aromatic carbocycles. The second-order valence-corrected chi connectivity index (χ2v) is 14.9. The van der Waals surface area contributed by atoms with Gasteiger partial charge in [0, 0.05) is 12.8 Å². The van der Waals surface area contributed by atoms with Crippen molar-refractivity contribution in [3.63, 3.8) is 0 Å². The molecule has 0 radical (unpaired) electrons. The van der Waals surface area contributed by atoms with E-state index in [4.69, 9.17) is 11.5 Å². The maximum absolute atomic E-state index is 6.59. The van der Waals surface area contributed by atoms with E-state index in [1.165, 1.54) is 12.8 Å². The van der Waals surface area contributed by atoms with Crippen LogP contribution in [0.25, 0.3) is 11.5 Å². The quantitative estimate of drug-likeness (QED) is 0.162. The topological polar surface area (TPSA) is 47.6 Å². The summed E-state index contributed by atoms with van der Waals surface area (Å²) < 4.78 is 0. The number of alkyl halides is 2. The van der Waals surface area contributed by atoms with Crippen LogP contribution in [0.3, 0.4) is 0 Å². The van der Waals surface area contributed by atoms with Gasteiger partial charge in [-0.05, 0) is 34.0 Å². The van der Waals surface area contributed by atoms with Crippen molar-refractivity contribution in [3.8, 4) is 0 Å². The van der Waals surface area contributed by atoms with Crippen LogP contribution < -0.4 is 0 Å². The van der Waals surface area contributed by atoms with Crippen LogP contribution in [0.4, 0.5) is 0 Å². The van der Waals surface area contributed by atoms with Crippen LogP contribution in [0, 0.1) is 21.7 Å². The molecular weight excluding hydrogens is 598 g/mol. The Balaban J connectivity index is -0.0000000320. The molecule has 0 spiro atoms. The van der Waals surface area contributed by atoms with Gasteiger partial charge in [-0.1, -0.05) is 124 Å². The molecule has 0 bridgehead atoms. The number of hydrogen-bond donors (Lipinski definition) is 0. The standard InChI is InChI=1S/4C5H12.2C3H9NP.2CH3Cl.Ru/c4*1-5(2,3)4;2*4-2-1-3-5;2*1-2;/h4*1-4H3;2*4H,1-3,5H2;2*1H3;/q;;;;2*-1;;;+2. The van der Waals surface area contributed by atoms with Crippen molar-refractivity contribution in [2.75, 3.05) is 38.2 Å². The Kier molecular flexibility index (Phi) is 75.2. The molecule has 0 aliphatic heterocycles. The van der Waals surface area contributed by atoms with E-state index in [0.29, 0.717) is 34.7 Å². The summed E-state index contributed by atoms with van der Waals surface area (Å²) in [4.78, 5) is 0. The molecule has 0 saturated carbocycles. The molecule has 0 heterocycles. The summed E-state index contributed by atoms with van der Waals surface area (Å²) >= 11 is 9.28. The van der Waals surface area contributed by atoms with Crippen LogP contribution in [0.1, 0.15) is 124 Å². The van der Waals surface area contributed by atoms with Gasteiger partial charge in [-0.15, -0.1) is 41.7 Å². The predicted molar refractivity (Wildman–Crippen MR) is 181 cm³/mol. The van der Waals surface area contributed by atoms with E-state index >= 15 is 0 Å². The van der Waals surface area contributed by atoms with Crippen LogP contribution in [0.2, 0.25) is 0 Å². The van der Waals surface area contributed by atoms with E-state index in [2.05, 4.69) is 152 Å². The summed E-state index contributed by atoms with van der Waals surface area (Å²) in [6.07, 6.45) is 7.13. The minimum absolute atomic E-state index is 0. The second-order valence-electron chi connectivity index (χ2n) is 13.8. The first-order valence-corrected chi connectivity index (χ1v) is 15.4. The van der Waals surface area contributed by atoms with E-state index in [0.717, 1.165) is 25.2 Å². The molecule has 2 atom stereocenters. The maximum atomic E-state index is 6.59. The second kappa shape index (κ2) is 43.1. The average molecular weight is 671 g/mol. The predicted octanol–water partition coefficient (Wildman–Crippen LogP) is 12.5. The van der Waals surface area contributed by atoms with E-state index in [9.17, 15) is 0 Å². The molecule has 0 amide bonds. The molecule has 2 nitrogen and oxygen atoms in total. The Morgan fingerprint density at radius 3 is 0.514 bits per heavy atom. The molecule has 0 aliphatic rings. The van der Waals surface area contributed by atoms with Crippen molar-refractivity contribution in [1.82, 2.24) is 0 Å². The Bertz CT molecular complexity index is 213. The van der Waals surface area contributed by atoms with Crippen LogP contribution in [0.15, 0.2) is 0 Å². The first-order chi connectivity index (χ1) is 14.8. The molecular formula is C28H72Cl2N2P2Ru. The van der Waals surface area contributed by atoms with Crippen molar-refractivity contribution in [3.05, 3.63) is 11.5 Å². The van der Waals surface area contributed by atoms with Gasteiger partial charge in [0.05, 0.1) is 0 Å². The van der Waals surface area contributed by atoms with Gasteiger partial charge in [-0.2, -0.15) is 13.1 Å². The normalized spacial score (nSPS) is 9.60. The molecule has 0 aromatic heterocycles. The number of rotatable bonds is 4. The number of halogens is 2. The molecule has 226 valence electrons. The van der Waals surface area contributed by atoms with Crippen molar-refractivity contribution >= 4 is 41.7 Å². The van der Waals surface area contributed by atoms with E-state index < -0.39 is 0 Å². The van der Waals surface area contributed by atoms with Crippen molar-refractivity contribution < 1.29 is 19.5 Å². The Morgan fingerprint density at radius 2 is 0.514 bits per heavy atom. The van der Waals surface area contributed by atoms with Gasteiger partial charge in [0.1, 0.15) is 0 Å². The van der Waals surface area contributed by atoms with Gasteiger partial charge in [0.2, 0.25) is 0 Å². The average Bonchev–Trinajstić information content (AvgIpc) is 2.54. The van der Waals surface area contributed by atoms with Crippen LogP contribution in [-0.2, 0) is 19.5 Å². The van der Waals surface area contributed by atoms with Gasteiger partial charge in [-0.25, -0.2) is 0 Å². The third-order valence-electron chi connectivity index (χ3n) is 0.762. The molecule has 0 saturated heterocycles. The molecule has 0 aromatic rings. The summed E-state index contributed by atoms with van der Waals surface area (Å²) in [7, 11) is 5.16. The zero-order valence-corrected chi connectivity index (χ0v) is 33.1. The fraction of sp³-hybridized carbons (Fsp3) is 1.00. The molecule has 2 unspecified atom stereocenters. The molecule has 35 heavy (non-hydrogen) atoms. The van der Waals surface area contributed by atoms with Crippen LogP contribution >= 0.6 is 41.7 Å². The first kappa shape index (κ1) is 61.2. The van der Waals surface area contributed by atoms with Gasteiger partial charge >= 0.3 is 19.5 Å². The fourth-order valence-corrected chi connectivity index (χ4v) is 0.612. The maximum Gasteiger partial charge on any atom is 2.00 e. The Morgan fingerprint density at radius 1 is 0.429 bits per heavy atom. The van der Waals surface area contributed by atoms with Gasteiger partial charge in [0.25, 0.3) is 0 Å². The minimum atomic E-state index is 0. The van der Waals surface area contributed by atoms with Crippen LogP contribution in [-0.4, -0.2) is 38.2 Å². The zero-order valence-electron chi connectivity index (χ0n) is 27.5. The van der Waals surface area contributed by atoms with Gasteiger partial charge in [0.15, 0.2) is 0 Å². The smallest absolute Gasteiger partial charge is 0.677 e. The molecule has 2 N–H and O–H groups in total. The van der Waals surface area contributed by atoms with E-state index in [1.54, 1.807) is 0 Å². The molecule has 7 heteroatoms. The third-order valence-corrected chi connectivity index (χ3v) is 1.58. The Hall–Kier alpha value is 1.98. The SMILES string of the molecule is CC(C)(C)C.CC(C)(C)C.CC(C)(C)C.CC(C)(C)C.CCl.CCl.[NH-]CCCP.[NH-]CCCP.[Ru+2]. The zero-order chi connectivity index (χ0) is 30.2. The fourth-order valence-electron chi connectivity index (χ4n) is 0.204. The molecule has 0 rings (SSSR count). The summed E-state index contributed by atoms with van der Waals surface area (Å²) in [6, 6.07) is 0. The molecule has 0 fully saturated rings. The largest absolute Gasteiger partial charge is 2.00 e. The summed E-state index contributed by atoms with van der Waals surface area (Å²) in [5.41, 5.74) is 15.2. The van der Waals surface area contributed by atoms with Crippen molar-refractivity contribution in [2.24, 2.45) is 21.7 Å². The monoisotopic (exact) mass is 670 g/mol. The first-order valence-electron chi connectivity index (χ1n) is 12.3. The van der Waals surface area contributed by atoms with Gasteiger partial charge in [-0.3, -0.25) is 0 Å². The van der Waals surface area contributed by atoms with E-state index in [-0.39, 0.29) is 19.5 Å². The summed E-state index contributed by atoms with van der Waals surface area (Å²) in [5, 5.41) is 0. The summed E-state index contributed by atoms with van der Waals surface area (Å²) in [5.74, 6) is 0. The third kappa shape index (κ3) is 1160.